The van der Waals surface area contributed by atoms with Crippen molar-refractivity contribution >= 4 is 18.2 Å². The van der Waals surface area contributed by atoms with Crippen molar-refractivity contribution in [2.75, 3.05) is 0 Å². The van der Waals surface area contributed by atoms with Crippen LogP contribution in [0.15, 0.2) is 0 Å². The first-order valence-electron chi connectivity index (χ1n) is 2.13. The van der Waals surface area contributed by atoms with Crippen molar-refractivity contribution in [3.8, 4) is 0 Å². The molecule has 5 heteroatoms. The van der Waals surface area contributed by atoms with Crippen molar-refractivity contribution < 1.29 is 19.1 Å². The highest BCUT2D eigenvalue weighted by molar-refractivity contribution is 6.34. The lowest BCUT2D eigenvalue weighted by molar-refractivity contribution is -0.147. The van der Waals surface area contributed by atoms with Gasteiger partial charge in [-0.25, -0.2) is 4.79 Å². The SMILES string of the molecule is O=[C]C1NC(=O)C(=O)O1. The van der Waals surface area contributed by atoms with E-state index >= 15 is 0 Å². The topological polar surface area (TPSA) is 72.5 Å². The zero-order valence-electron chi connectivity index (χ0n) is 4.21. The van der Waals surface area contributed by atoms with Gasteiger partial charge in [-0.2, -0.15) is 0 Å². The number of hydrogen-bond acceptors (Lipinski definition) is 4. The maximum atomic E-state index is 10.2. The number of esters is 1. The summed E-state index contributed by atoms with van der Waals surface area (Å²) in [5, 5.41) is 1.92. The Hall–Kier alpha value is -1.39. The lowest BCUT2D eigenvalue weighted by atomic mass is 10.6. The molecule has 1 fully saturated rings. The molecule has 1 aliphatic rings. The van der Waals surface area contributed by atoms with E-state index in [-0.39, 0.29) is 0 Å². The van der Waals surface area contributed by atoms with Gasteiger partial charge in [0.2, 0.25) is 6.23 Å². The van der Waals surface area contributed by atoms with E-state index in [0.717, 1.165) is 0 Å². The summed E-state index contributed by atoms with van der Waals surface area (Å²) in [4.78, 5) is 30.0. The van der Waals surface area contributed by atoms with Crippen molar-refractivity contribution in [1.29, 1.82) is 0 Å². The van der Waals surface area contributed by atoms with E-state index < -0.39 is 18.1 Å². The molecule has 1 atom stereocenters. The van der Waals surface area contributed by atoms with Crippen LogP contribution in [0.25, 0.3) is 0 Å². The number of hydrogen-bond donors (Lipinski definition) is 1. The Kier molecular flexibility index (Phi) is 1.18. The van der Waals surface area contributed by atoms with Gasteiger partial charge in [-0.05, 0) is 0 Å². The molecule has 47 valence electrons. The van der Waals surface area contributed by atoms with E-state index in [0.29, 0.717) is 0 Å². The normalized spacial score (nSPS) is 25.1. The summed E-state index contributed by atoms with van der Waals surface area (Å²) in [6, 6.07) is 0. The van der Waals surface area contributed by atoms with Crippen molar-refractivity contribution in [2.24, 2.45) is 0 Å². The quantitative estimate of drug-likeness (QED) is 0.330. The van der Waals surface area contributed by atoms with Gasteiger partial charge in [-0.15, -0.1) is 0 Å². The Morgan fingerprint density at radius 1 is 1.56 bits per heavy atom. The maximum Gasteiger partial charge on any atom is 0.399 e. The average Bonchev–Trinajstić information content (AvgIpc) is 2.13. The molecule has 0 bridgehead atoms. The lowest BCUT2D eigenvalue weighted by Crippen LogP contribution is -2.27. The molecule has 9 heavy (non-hydrogen) atoms. The van der Waals surface area contributed by atoms with E-state index in [1.807, 2.05) is 5.32 Å². The minimum atomic E-state index is -1.20. The Morgan fingerprint density at radius 3 is 2.44 bits per heavy atom. The molecule has 1 N–H and O–H groups in total. The van der Waals surface area contributed by atoms with Crippen LogP contribution in [0.2, 0.25) is 0 Å². The molecular weight excluding hydrogens is 126 g/mol. The minimum absolute atomic E-state index is 0.900. The van der Waals surface area contributed by atoms with Gasteiger partial charge in [0.05, 0.1) is 0 Å². The van der Waals surface area contributed by atoms with Gasteiger partial charge in [-0.3, -0.25) is 9.59 Å². The molecule has 0 spiro atoms. The van der Waals surface area contributed by atoms with Gasteiger partial charge in [0.1, 0.15) is 0 Å². The summed E-state index contributed by atoms with van der Waals surface area (Å²) in [5.74, 6) is -1.94. The zero-order valence-corrected chi connectivity index (χ0v) is 4.21. The highest BCUT2D eigenvalue weighted by Gasteiger charge is 2.31. The van der Waals surface area contributed by atoms with Gasteiger partial charge in [0.15, 0.2) is 0 Å². The summed E-state index contributed by atoms with van der Waals surface area (Å²) >= 11 is 0. The first-order valence-corrected chi connectivity index (χ1v) is 2.13. The summed E-state index contributed by atoms with van der Waals surface area (Å²) in [6.45, 7) is 0. The average molecular weight is 128 g/mol. The fourth-order valence-electron chi connectivity index (χ4n) is 0.422. The van der Waals surface area contributed by atoms with Crippen LogP contribution in [0.5, 0.6) is 0 Å². The fraction of sp³-hybridized carbons (Fsp3) is 0.250. The molecule has 0 aliphatic carbocycles. The predicted octanol–water partition coefficient (Wildman–Crippen LogP) is -1.90. The van der Waals surface area contributed by atoms with Gasteiger partial charge < -0.3 is 10.1 Å². The molecule has 1 heterocycles. The number of ether oxygens (including phenoxy) is 1. The van der Waals surface area contributed by atoms with Crippen molar-refractivity contribution in [3.05, 3.63) is 0 Å². The summed E-state index contributed by atoms with van der Waals surface area (Å²) in [6.07, 6.45) is 0.0960. The molecule has 1 aliphatic heterocycles. The third kappa shape index (κ3) is 0.883. The second kappa shape index (κ2) is 1.85. The molecule has 0 aromatic rings. The Labute approximate surface area is 50.0 Å². The summed E-state index contributed by atoms with van der Waals surface area (Å²) < 4.78 is 4.10. The Balaban J connectivity index is 2.64. The van der Waals surface area contributed by atoms with E-state index in [9.17, 15) is 14.4 Å². The minimum Gasteiger partial charge on any atom is -0.426 e. The van der Waals surface area contributed by atoms with Gasteiger partial charge >= 0.3 is 11.9 Å². The Bertz CT molecular complexity index is 159. The molecule has 1 amide bonds. The molecule has 1 radical (unpaired) electrons. The first kappa shape index (κ1) is 5.74. The van der Waals surface area contributed by atoms with Crippen LogP contribution in [0.1, 0.15) is 0 Å². The summed E-state index contributed by atoms with van der Waals surface area (Å²) in [7, 11) is 0. The number of nitrogens with one attached hydrogen (secondary N) is 1. The third-order valence-corrected chi connectivity index (χ3v) is 0.780. The second-order valence-corrected chi connectivity index (χ2v) is 1.38. The van der Waals surface area contributed by atoms with Crippen LogP contribution < -0.4 is 5.32 Å². The largest absolute Gasteiger partial charge is 0.426 e. The van der Waals surface area contributed by atoms with Crippen molar-refractivity contribution in [2.45, 2.75) is 6.23 Å². The second-order valence-electron chi connectivity index (χ2n) is 1.38. The third-order valence-electron chi connectivity index (χ3n) is 0.780. The van der Waals surface area contributed by atoms with Gasteiger partial charge in [-0.1, -0.05) is 0 Å². The van der Waals surface area contributed by atoms with E-state index in [4.69, 9.17) is 0 Å². The Morgan fingerprint density at radius 2 is 2.22 bits per heavy atom. The molecule has 0 aromatic heterocycles. The van der Waals surface area contributed by atoms with E-state index in [2.05, 4.69) is 4.74 Å². The van der Waals surface area contributed by atoms with Crippen molar-refractivity contribution in [3.63, 3.8) is 0 Å². The van der Waals surface area contributed by atoms with E-state index in [1.165, 1.54) is 6.29 Å². The number of rotatable bonds is 1. The number of carbonyl (C=O) groups is 2. The van der Waals surface area contributed by atoms with Gasteiger partial charge in [0, 0.05) is 0 Å². The molecule has 0 aromatic carbocycles. The fourth-order valence-corrected chi connectivity index (χ4v) is 0.422. The van der Waals surface area contributed by atoms with Crippen LogP contribution in [-0.4, -0.2) is 24.4 Å². The first-order chi connectivity index (χ1) is 4.24. The number of amides is 1. The molecule has 1 rings (SSSR count). The van der Waals surface area contributed by atoms with Crippen LogP contribution in [0.3, 0.4) is 0 Å². The molecule has 5 nitrogen and oxygen atoms in total. The van der Waals surface area contributed by atoms with Gasteiger partial charge in [0.25, 0.3) is 6.29 Å². The van der Waals surface area contributed by atoms with Crippen LogP contribution in [0.4, 0.5) is 0 Å². The molecule has 0 saturated carbocycles. The van der Waals surface area contributed by atoms with Crippen LogP contribution >= 0.6 is 0 Å². The number of cyclic esters (lactones) is 1. The van der Waals surface area contributed by atoms with E-state index in [1.54, 1.807) is 0 Å². The van der Waals surface area contributed by atoms with Crippen LogP contribution in [0, 0.1) is 0 Å². The lowest BCUT2D eigenvalue weighted by Gasteiger charge is -1.92. The smallest absolute Gasteiger partial charge is 0.399 e. The molecular formula is C4H2NO4. The highest BCUT2D eigenvalue weighted by atomic mass is 16.6. The maximum absolute atomic E-state index is 10.2. The standard InChI is InChI=1S/C4H2NO4/c6-1-2-5-3(7)4(8)9-2/h2H,(H,5,7). The highest BCUT2D eigenvalue weighted by Crippen LogP contribution is 1.93. The zero-order chi connectivity index (χ0) is 6.85. The van der Waals surface area contributed by atoms with Crippen LogP contribution in [-0.2, 0) is 19.1 Å². The van der Waals surface area contributed by atoms with Crippen molar-refractivity contribution in [1.82, 2.24) is 5.32 Å². The number of carbonyl (C=O) groups excluding carboxylic acids is 3. The molecule has 1 unspecified atom stereocenters. The predicted molar refractivity (Wildman–Crippen MR) is 23.7 cm³/mol. The molecule has 1 saturated heterocycles. The monoisotopic (exact) mass is 128 g/mol. The summed E-state index contributed by atoms with van der Waals surface area (Å²) in [5.41, 5.74) is 0.